The lowest BCUT2D eigenvalue weighted by Crippen LogP contribution is -2.37. The van der Waals surface area contributed by atoms with Gasteiger partial charge in [-0.05, 0) is 39.0 Å². The third-order valence-corrected chi connectivity index (χ3v) is 2.58. The quantitative estimate of drug-likeness (QED) is 0.866. The number of carbonyl (C=O) groups excluding carboxylic acids is 1. The fourth-order valence-electron chi connectivity index (χ4n) is 1.69. The van der Waals surface area contributed by atoms with Crippen molar-refractivity contribution >= 4 is 17.7 Å². The van der Waals surface area contributed by atoms with Crippen molar-refractivity contribution in [2.75, 3.05) is 18.6 Å². The first-order valence-corrected chi connectivity index (χ1v) is 6.55. The molecular formula is C16H19NO5. The Bertz CT molecular complexity index is 610. The maximum absolute atomic E-state index is 12.3. The number of hydrogen-bond acceptors (Lipinski definition) is 4. The minimum atomic E-state index is -1.09. The normalized spacial score (nSPS) is 10.5. The van der Waals surface area contributed by atoms with Crippen LogP contribution in [-0.4, -0.2) is 36.4 Å². The van der Waals surface area contributed by atoms with E-state index in [2.05, 4.69) is 5.92 Å². The Hall–Kier alpha value is -2.68. The maximum Gasteiger partial charge on any atom is 0.415 e. The molecule has 1 amide bonds. The lowest BCUT2D eigenvalue weighted by Gasteiger charge is -2.27. The van der Waals surface area contributed by atoms with Gasteiger partial charge in [-0.1, -0.05) is 5.92 Å². The summed E-state index contributed by atoms with van der Waals surface area (Å²) in [6, 6.07) is 4.16. The van der Waals surface area contributed by atoms with Gasteiger partial charge in [0.1, 0.15) is 11.4 Å². The number of aromatic carboxylic acids is 1. The van der Waals surface area contributed by atoms with Crippen LogP contribution in [0.3, 0.4) is 0 Å². The van der Waals surface area contributed by atoms with Crippen LogP contribution >= 0.6 is 0 Å². The van der Waals surface area contributed by atoms with Crippen molar-refractivity contribution in [3.63, 3.8) is 0 Å². The molecular weight excluding hydrogens is 286 g/mol. The number of hydrogen-bond donors (Lipinski definition) is 1. The van der Waals surface area contributed by atoms with Crippen LogP contribution in [0.2, 0.25) is 0 Å². The van der Waals surface area contributed by atoms with Gasteiger partial charge in [0.25, 0.3) is 0 Å². The van der Waals surface area contributed by atoms with Crippen LogP contribution in [0.25, 0.3) is 0 Å². The smallest absolute Gasteiger partial charge is 0.415 e. The van der Waals surface area contributed by atoms with E-state index in [0.717, 1.165) is 0 Å². The van der Waals surface area contributed by atoms with Crippen LogP contribution in [-0.2, 0) is 4.74 Å². The third-order valence-electron chi connectivity index (χ3n) is 2.58. The number of carboxylic acids is 1. The summed E-state index contributed by atoms with van der Waals surface area (Å²) in [5.74, 6) is 1.51. The first-order chi connectivity index (χ1) is 10.2. The minimum Gasteiger partial charge on any atom is -0.495 e. The lowest BCUT2D eigenvalue weighted by molar-refractivity contribution is 0.0583. The summed E-state index contributed by atoms with van der Waals surface area (Å²) in [4.78, 5) is 24.5. The second-order valence-corrected chi connectivity index (χ2v) is 5.46. The molecule has 1 N–H and O–H groups in total. The Labute approximate surface area is 129 Å². The molecule has 0 aliphatic rings. The molecule has 6 nitrogen and oxygen atoms in total. The van der Waals surface area contributed by atoms with Gasteiger partial charge in [0, 0.05) is 0 Å². The maximum atomic E-state index is 12.3. The number of anilines is 1. The molecule has 1 aromatic rings. The van der Waals surface area contributed by atoms with Gasteiger partial charge in [-0.2, -0.15) is 0 Å². The summed E-state index contributed by atoms with van der Waals surface area (Å²) in [7, 11) is 1.38. The highest BCUT2D eigenvalue weighted by molar-refractivity contribution is 5.93. The van der Waals surface area contributed by atoms with Gasteiger partial charge in [-0.15, -0.1) is 6.42 Å². The fourth-order valence-corrected chi connectivity index (χ4v) is 1.69. The van der Waals surface area contributed by atoms with E-state index in [1.54, 1.807) is 20.8 Å². The molecule has 0 spiro atoms. The van der Waals surface area contributed by atoms with Gasteiger partial charge in [0.15, 0.2) is 0 Å². The molecule has 22 heavy (non-hydrogen) atoms. The molecule has 0 fully saturated rings. The molecule has 1 aromatic carbocycles. The summed E-state index contributed by atoms with van der Waals surface area (Å²) in [6.07, 6.45) is 4.67. The first-order valence-electron chi connectivity index (χ1n) is 6.55. The van der Waals surface area contributed by atoms with Crippen molar-refractivity contribution in [1.29, 1.82) is 0 Å². The van der Waals surface area contributed by atoms with Crippen molar-refractivity contribution in [3.8, 4) is 18.1 Å². The number of rotatable bonds is 4. The zero-order valence-electron chi connectivity index (χ0n) is 13.0. The van der Waals surface area contributed by atoms with Crippen molar-refractivity contribution in [3.05, 3.63) is 23.8 Å². The minimum absolute atomic E-state index is 0.0301. The van der Waals surface area contributed by atoms with E-state index in [4.69, 9.17) is 21.0 Å². The van der Waals surface area contributed by atoms with Gasteiger partial charge in [-0.25, -0.2) is 9.59 Å². The van der Waals surface area contributed by atoms with E-state index in [9.17, 15) is 9.59 Å². The van der Waals surface area contributed by atoms with Crippen molar-refractivity contribution in [2.45, 2.75) is 26.4 Å². The Morgan fingerprint density at radius 1 is 1.36 bits per heavy atom. The molecule has 0 saturated carbocycles. The average Bonchev–Trinajstić information content (AvgIpc) is 2.42. The predicted molar refractivity (Wildman–Crippen MR) is 82.4 cm³/mol. The molecule has 6 heteroatoms. The van der Waals surface area contributed by atoms with E-state index in [-0.39, 0.29) is 17.9 Å². The van der Waals surface area contributed by atoms with Gasteiger partial charge < -0.3 is 14.6 Å². The van der Waals surface area contributed by atoms with Crippen LogP contribution in [0.15, 0.2) is 18.2 Å². The van der Waals surface area contributed by atoms with Crippen molar-refractivity contribution in [1.82, 2.24) is 0 Å². The summed E-state index contributed by atoms with van der Waals surface area (Å²) in [5.41, 5.74) is -0.289. The largest absolute Gasteiger partial charge is 0.495 e. The number of carboxylic acid groups (broad SMARTS) is 1. The molecule has 0 aliphatic carbocycles. The standard InChI is InChI=1S/C16H19NO5/c1-6-9-17(15(20)22-16(2,3)4)12-8-7-11(14(18)19)10-13(12)21-5/h1,7-8,10H,9H2,2-5H3,(H,18,19). The van der Waals surface area contributed by atoms with E-state index in [0.29, 0.717) is 5.69 Å². The fraction of sp³-hybridized carbons (Fsp3) is 0.375. The number of methoxy groups -OCH3 is 1. The molecule has 0 unspecified atom stereocenters. The number of carbonyl (C=O) groups is 2. The van der Waals surface area contributed by atoms with Gasteiger partial charge in [0.2, 0.25) is 0 Å². The molecule has 0 radical (unpaired) electrons. The Balaban J connectivity index is 3.24. The molecule has 0 aliphatic heterocycles. The highest BCUT2D eigenvalue weighted by atomic mass is 16.6. The van der Waals surface area contributed by atoms with Crippen molar-refractivity contribution in [2.24, 2.45) is 0 Å². The summed E-state index contributed by atoms with van der Waals surface area (Å²) < 4.78 is 10.5. The average molecular weight is 305 g/mol. The second kappa shape index (κ2) is 6.85. The monoisotopic (exact) mass is 305 g/mol. The van der Waals surface area contributed by atoms with Crippen molar-refractivity contribution < 1.29 is 24.2 Å². The molecule has 0 atom stereocenters. The lowest BCUT2D eigenvalue weighted by atomic mass is 10.1. The molecule has 0 bridgehead atoms. The zero-order valence-corrected chi connectivity index (χ0v) is 13.0. The molecule has 0 aromatic heterocycles. The highest BCUT2D eigenvalue weighted by Gasteiger charge is 2.25. The molecule has 1 rings (SSSR count). The van der Waals surface area contributed by atoms with E-state index in [1.165, 1.54) is 30.2 Å². The van der Waals surface area contributed by atoms with E-state index in [1.807, 2.05) is 0 Å². The Morgan fingerprint density at radius 3 is 2.45 bits per heavy atom. The second-order valence-electron chi connectivity index (χ2n) is 5.46. The van der Waals surface area contributed by atoms with Crippen LogP contribution < -0.4 is 9.64 Å². The van der Waals surface area contributed by atoms with Gasteiger partial charge in [0.05, 0.1) is 24.9 Å². The molecule has 0 saturated heterocycles. The van der Waals surface area contributed by atoms with Crippen LogP contribution in [0.5, 0.6) is 5.75 Å². The number of amides is 1. The van der Waals surface area contributed by atoms with Gasteiger partial charge in [-0.3, -0.25) is 4.90 Å². The Kier molecular flexibility index (Phi) is 5.41. The number of terminal acetylenes is 1. The van der Waals surface area contributed by atoms with E-state index < -0.39 is 17.7 Å². The molecule has 0 heterocycles. The third kappa shape index (κ3) is 4.42. The summed E-state index contributed by atoms with van der Waals surface area (Å²) in [6.45, 7) is 5.19. The SMILES string of the molecule is C#CCN(C(=O)OC(C)(C)C)c1ccc(C(=O)O)cc1OC. The van der Waals surface area contributed by atoms with E-state index >= 15 is 0 Å². The highest BCUT2D eigenvalue weighted by Crippen LogP contribution is 2.30. The summed E-state index contributed by atoms with van der Waals surface area (Å²) >= 11 is 0. The topological polar surface area (TPSA) is 76.1 Å². The first kappa shape index (κ1) is 17.4. The molecule has 118 valence electrons. The number of benzene rings is 1. The predicted octanol–water partition coefficient (Wildman–Crippen LogP) is 2.77. The van der Waals surface area contributed by atoms with Crippen LogP contribution in [0, 0.1) is 12.3 Å². The van der Waals surface area contributed by atoms with Gasteiger partial charge >= 0.3 is 12.1 Å². The zero-order chi connectivity index (χ0) is 16.9. The number of nitrogens with zero attached hydrogens (tertiary/aromatic N) is 1. The number of ether oxygens (including phenoxy) is 2. The van der Waals surface area contributed by atoms with Crippen LogP contribution in [0.4, 0.5) is 10.5 Å². The Morgan fingerprint density at radius 2 is 2.00 bits per heavy atom. The summed E-state index contributed by atoms with van der Waals surface area (Å²) in [5, 5.41) is 9.01. The van der Waals surface area contributed by atoms with Crippen LogP contribution in [0.1, 0.15) is 31.1 Å².